The van der Waals surface area contributed by atoms with Crippen molar-refractivity contribution in [2.24, 2.45) is 11.8 Å². The molecule has 1 aliphatic heterocycles. The molecule has 0 radical (unpaired) electrons. The summed E-state index contributed by atoms with van der Waals surface area (Å²) in [5.41, 5.74) is 0. The van der Waals surface area contributed by atoms with E-state index >= 15 is 0 Å². The van der Waals surface area contributed by atoms with Gasteiger partial charge in [0.15, 0.2) is 0 Å². The number of rotatable bonds is 4. The highest BCUT2D eigenvalue weighted by molar-refractivity contribution is 5.76. The second-order valence-electron chi connectivity index (χ2n) is 5.80. The predicted octanol–water partition coefficient (Wildman–Crippen LogP) is 1.04. The molecule has 2 rings (SSSR count). The van der Waals surface area contributed by atoms with Crippen molar-refractivity contribution in [3.63, 3.8) is 0 Å². The van der Waals surface area contributed by atoms with Crippen LogP contribution in [0.2, 0.25) is 0 Å². The fraction of sp³-hybridized carbons (Fsp3) is 0.929. The van der Waals surface area contributed by atoms with E-state index in [2.05, 4.69) is 10.6 Å². The van der Waals surface area contributed by atoms with Crippen molar-refractivity contribution in [1.82, 2.24) is 10.6 Å². The molecule has 2 aliphatic rings. The van der Waals surface area contributed by atoms with Crippen LogP contribution < -0.4 is 10.6 Å². The van der Waals surface area contributed by atoms with Gasteiger partial charge in [-0.15, -0.1) is 0 Å². The molecule has 1 saturated carbocycles. The van der Waals surface area contributed by atoms with Gasteiger partial charge in [-0.25, -0.2) is 0 Å². The average molecular weight is 254 g/mol. The SMILES string of the molecule is O=C(CC1CCNCC1)NC1CCCCC1CO. The minimum Gasteiger partial charge on any atom is -0.396 e. The van der Waals surface area contributed by atoms with Gasteiger partial charge in [0, 0.05) is 25.0 Å². The van der Waals surface area contributed by atoms with Gasteiger partial charge < -0.3 is 15.7 Å². The second-order valence-corrected chi connectivity index (χ2v) is 5.80. The number of carbonyl (C=O) groups is 1. The van der Waals surface area contributed by atoms with E-state index in [1.165, 1.54) is 12.8 Å². The summed E-state index contributed by atoms with van der Waals surface area (Å²) >= 11 is 0. The van der Waals surface area contributed by atoms with Crippen LogP contribution in [-0.2, 0) is 4.79 Å². The first-order chi connectivity index (χ1) is 8.79. The Bertz CT molecular complexity index is 265. The van der Waals surface area contributed by atoms with Crippen LogP contribution in [0.4, 0.5) is 0 Å². The normalized spacial score (nSPS) is 30.1. The first-order valence-electron chi connectivity index (χ1n) is 7.40. The van der Waals surface area contributed by atoms with Gasteiger partial charge in [0.05, 0.1) is 0 Å². The van der Waals surface area contributed by atoms with E-state index in [4.69, 9.17) is 0 Å². The van der Waals surface area contributed by atoms with Crippen LogP contribution in [-0.4, -0.2) is 36.8 Å². The van der Waals surface area contributed by atoms with Gasteiger partial charge >= 0.3 is 0 Å². The van der Waals surface area contributed by atoms with Gasteiger partial charge in [-0.3, -0.25) is 4.79 Å². The van der Waals surface area contributed by atoms with Crippen LogP contribution in [0, 0.1) is 11.8 Å². The highest BCUT2D eigenvalue weighted by atomic mass is 16.3. The summed E-state index contributed by atoms with van der Waals surface area (Å²) in [7, 11) is 0. The lowest BCUT2D eigenvalue weighted by atomic mass is 9.84. The quantitative estimate of drug-likeness (QED) is 0.702. The number of nitrogens with one attached hydrogen (secondary N) is 2. The zero-order chi connectivity index (χ0) is 12.8. The average Bonchev–Trinajstić information content (AvgIpc) is 2.40. The Morgan fingerprint density at radius 2 is 1.89 bits per heavy atom. The van der Waals surface area contributed by atoms with Crippen LogP contribution in [0.3, 0.4) is 0 Å². The van der Waals surface area contributed by atoms with Gasteiger partial charge in [0.25, 0.3) is 0 Å². The summed E-state index contributed by atoms with van der Waals surface area (Å²) in [6.07, 6.45) is 7.33. The van der Waals surface area contributed by atoms with E-state index in [0.29, 0.717) is 12.3 Å². The number of piperidine rings is 1. The molecule has 0 aromatic carbocycles. The highest BCUT2D eigenvalue weighted by Gasteiger charge is 2.26. The van der Waals surface area contributed by atoms with Gasteiger partial charge in [0.1, 0.15) is 0 Å². The third-order valence-corrected chi connectivity index (χ3v) is 4.42. The molecule has 1 saturated heterocycles. The van der Waals surface area contributed by atoms with Gasteiger partial charge in [0.2, 0.25) is 5.91 Å². The molecule has 3 N–H and O–H groups in total. The number of amides is 1. The Balaban J connectivity index is 1.75. The number of hydrogen-bond acceptors (Lipinski definition) is 3. The van der Waals surface area contributed by atoms with Crippen LogP contribution in [0.5, 0.6) is 0 Å². The van der Waals surface area contributed by atoms with Crippen molar-refractivity contribution in [3.05, 3.63) is 0 Å². The molecule has 1 heterocycles. The largest absolute Gasteiger partial charge is 0.396 e. The van der Waals surface area contributed by atoms with Crippen LogP contribution in [0.1, 0.15) is 44.9 Å². The van der Waals surface area contributed by atoms with Crippen LogP contribution in [0.15, 0.2) is 0 Å². The molecule has 2 unspecified atom stereocenters. The molecule has 0 aromatic heterocycles. The molecule has 1 amide bonds. The molecule has 4 heteroatoms. The summed E-state index contributed by atoms with van der Waals surface area (Å²) in [5.74, 6) is 1.00. The number of hydrogen-bond donors (Lipinski definition) is 3. The lowest BCUT2D eigenvalue weighted by Gasteiger charge is -2.31. The maximum atomic E-state index is 12.0. The molecule has 104 valence electrons. The molecule has 4 nitrogen and oxygen atoms in total. The zero-order valence-corrected chi connectivity index (χ0v) is 11.2. The molecule has 18 heavy (non-hydrogen) atoms. The van der Waals surface area contributed by atoms with Gasteiger partial charge in [-0.2, -0.15) is 0 Å². The van der Waals surface area contributed by atoms with Crippen molar-refractivity contribution in [2.45, 2.75) is 51.0 Å². The fourth-order valence-electron chi connectivity index (χ4n) is 3.23. The minimum atomic E-state index is 0.187. The van der Waals surface area contributed by atoms with E-state index in [9.17, 15) is 9.90 Å². The van der Waals surface area contributed by atoms with Crippen LogP contribution in [0.25, 0.3) is 0 Å². The zero-order valence-electron chi connectivity index (χ0n) is 11.2. The number of carbonyl (C=O) groups excluding carboxylic acids is 1. The molecule has 0 bridgehead atoms. The maximum absolute atomic E-state index is 12.0. The molecule has 2 fully saturated rings. The first kappa shape index (κ1) is 13.8. The van der Waals surface area contributed by atoms with E-state index in [1.54, 1.807) is 0 Å². The molecule has 0 aromatic rings. The third-order valence-electron chi connectivity index (χ3n) is 4.42. The smallest absolute Gasteiger partial charge is 0.220 e. The van der Waals surface area contributed by atoms with Crippen molar-refractivity contribution < 1.29 is 9.90 Å². The predicted molar refractivity (Wildman–Crippen MR) is 71.2 cm³/mol. The summed E-state index contributed by atoms with van der Waals surface area (Å²) in [4.78, 5) is 12.0. The molecule has 1 aliphatic carbocycles. The highest BCUT2D eigenvalue weighted by Crippen LogP contribution is 2.24. The van der Waals surface area contributed by atoms with E-state index in [1.807, 2.05) is 0 Å². The second kappa shape index (κ2) is 7.10. The van der Waals surface area contributed by atoms with E-state index in [-0.39, 0.29) is 24.5 Å². The van der Waals surface area contributed by atoms with Crippen molar-refractivity contribution >= 4 is 5.91 Å². The van der Waals surface area contributed by atoms with Crippen LogP contribution >= 0.6 is 0 Å². The van der Waals surface area contributed by atoms with Gasteiger partial charge in [-0.1, -0.05) is 12.8 Å². The molecule has 2 atom stereocenters. The maximum Gasteiger partial charge on any atom is 0.220 e. The van der Waals surface area contributed by atoms with Gasteiger partial charge in [-0.05, 0) is 44.7 Å². The third kappa shape index (κ3) is 3.95. The summed E-state index contributed by atoms with van der Waals surface area (Å²) in [5, 5.41) is 15.8. The summed E-state index contributed by atoms with van der Waals surface area (Å²) in [6, 6.07) is 0.206. The Morgan fingerprint density at radius 3 is 2.61 bits per heavy atom. The monoisotopic (exact) mass is 254 g/mol. The Morgan fingerprint density at radius 1 is 1.17 bits per heavy atom. The Labute approximate surface area is 110 Å². The first-order valence-corrected chi connectivity index (χ1v) is 7.40. The minimum absolute atomic E-state index is 0.187. The number of aliphatic hydroxyl groups excluding tert-OH is 1. The Hall–Kier alpha value is -0.610. The van der Waals surface area contributed by atoms with E-state index in [0.717, 1.165) is 38.8 Å². The fourth-order valence-corrected chi connectivity index (χ4v) is 3.23. The van der Waals surface area contributed by atoms with E-state index < -0.39 is 0 Å². The van der Waals surface area contributed by atoms with Crippen molar-refractivity contribution in [1.29, 1.82) is 0 Å². The molecular weight excluding hydrogens is 228 g/mol. The molecule has 0 spiro atoms. The van der Waals surface area contributed by atoms with Crippen molar-refractivity contribution in [2.75, 3.05) is 19.7 Å². The summed E-state index contributed by atoms with van der Waals surface area (Å²) in [6.45, 7) is 2.29. The lowest BCUT2D eigenvalue weighted by Crippen LogP contribution is -2.44. The Kier molecular flexibility index (Phi) is 5.45. The lowest BCUT2D eigenvalue weighted by molar-refractivity contribution is -0.123. The van der Waals surface area contributed by atoms with Crippen molar-refractivity contribution in [3.8, 4) is 0 Å². The molecular formula is C14H26N2O2. The summed E-state index contributed by atoms with van der Waals surface area (Å²) < 4.78 is 0. The number of aliphatic hydroxyl groups is 1. The topological polar surface area (TPSA) is 61.4 Å². The standard InChI is InChI=1S/C14H26N2O2/c17-10-12-3-1-2-4-13(12)16-14(18)9-11-5-7-15-8-6-11/h11-13,15,17H,1-10H2,(H,16,18).